The predicted molar refractivity (Wildman–Crippen MR) is 138 cm³/mol. The normalized spacial score (nSPS) is 25.7. The van der Waals surface area contributed by atoms with E-state index in [2.05, 4.69) is 4.36 Å². The van der Waals surface area contributed by atoms with E-state index in [1.54, 1.807) is 17.4 Å². The van der Waals surface area contributed by atoms with Crippen molar-refractivity contribution >= 4 is 38.9 Å². The van der Waals surface area contributed by atoms with Crippen LogP contribution in [0.4, 0.5) is 5.69 Å². The molecule has 0 aliphatic carbocycles. The number of nitrogens with zero attached hydrogens (tertiary/aromatic N) is 3. The molecule has 9 heteroatoms. The van der Waals surface area contributed by atoms with Crippen molar-refractivity contribution in [3.63, 3.8) is 0 Å². The largest absolute Gasteiger partial charge is 0.378 e. The zero-order valence-corrected chi connectivity index (χ0v) is 21.5. The van der Waals surface area contributed by atoms with Gasteiger partial charge in [0.1, 0.15) is 0 Å². The zero-order valence-electron chi connectivity index (χ0n) is 20.0. The maximum absolute atomic E-state index is 13.3. The number of guanidine groups is 1. The number of carbonyl (C=O) groups is 1. The lowest BCUT2D eigenvalue weighted by Gasteiger charge is -2.41. The quantitative estimate of drug-likeness (QED) is 0.655. The van der Waals surface area contributed by atoms with E-state index in [1.807, 2.05) is 56.3 Å². The zero-order chi connectivity index (χ0) is 24.7. The minimum atomic E-state index is -2.29. The number of amides is 1. The molecular formula is C25H31ClN4O3S. The fraction of sp³-hybridized carbons (Fsp3) is 0.440. The summed E-state index contributed by atoms with van der Waals surface area (Å²) in [5, 5.41) is 0.508. The van der Waals surface area contributed by atoms with Gasteiger partial charge in [-0.15, -0.1) is 0 Å². The number of hydrogen-bond acceptors (Lipinski definition) is 6. The third-order valence-corrected chi connectivity index (χ3v) is 7.31. The lowest BCUT2D eigenvalue weighted by molar-refractivity contribution is -0.133. The third-order valence-electron chi connectivity index (χ3n) is 6.26. The molecule has 182 valence electrons. The Morgan fingerprint density at radius 1 is 1.26 bits per heavy atom. The Bertz CT molecular complexity index is 1260. The van der Waals surface area contributed by atoms with Gasteiger partial charge in [0, 0.05) is 40.5 Å². The SMILES string of the molecule is C[C@H]1C[C@@H](N2C(=O)C[C@@](C)(c3cccc(-c4cccc(N=S(C)(C)=O)c4)c3Cl)N=C2N)CCO1. The molecule has 3 atom stereocenters. The van der Waals surface area contributed by atoms with Gasteiger partial charge in [0.05, 0.1) is 28.8 Å². The van der Waals surface area contributed by atoms with Gasteiger partial charge >= 0.3 is 0 Å². The van der Waals surface area contributed by atoms with E-state index >= 15 is 0 Å². The Morgan fingerprint density at radius 3 is 2.68 bits per heavy atom. The van der Waals surface area contributed by atoms with Crippen molar-refractivity contribution in [2.24, 2.45) is 15.1 Å². The van der Waals surface area contributed by atoms with Crippen molar-refractivity contribution in [2.45, 2.75) is 50.8 Å². The predicted octanol–water partition coefficient (Wildman–Crippen LogP) is 4.70. The summed E-state index contributed by atoms with van der Waals surface area (Å²) >= 11 is 6.91. The van der Waals surface area contributed by atoms with Crippen LogP contribution in [-0.2, 0) is 24.8 Å². The minimum Gasteiger partial charge on any atom is -0.378 e. The van der Waals surface area contributed by atoms with Crippen LogP contribution in [0.5, 0.6) is 0 Å². The molecule has 34 heavy (non-hydrogen) atoms. The average Bonchev–Trinajstić information content (AvgIpc) is 2.72. The number of aliphatic imine (C=N–C) groups is 1. The highest BCUT2D eigenvalue weighted by atomic mass is 35.5. The average molecular weight is 503 g/mol. The van der Waals surface area contributed by atoms with Crippen LogP contribution >= 0.6 is 11.6 Å². The van der Waals surface area contributed by atoms with Crippen LogP contribution in [0.3, 0.4) is 0 Å². The number of ether oxygens (including phenoxy) is 1. The van der Waals surface area contributed by atoms with Crippen LogP contribution in [0.15, 0.2) is 51.8 Å². The second kappa shape index (κ2) is 9.32. The molecule has 1 saturated heterocycles. The van der Waals surface area contributed by atoms with Crippen molar-refractivity contribution in [3.05, 3.63) is 53.1 Å². The molecule has 2 N–H and O–H groups in total. The molecule has 2 aliphatic rings. The van der Waals surface area contributed by atoms with Crippen molar-refractivity contribution in [3.8, 4) is 11.1 Å². The third kappa shape index (κ3) is 5.14. The molecule has 1 amide bonds. The fourth-order valence-electron chi connectivity index (χ4n) is 4.76. The summed E-state index contributed by atoms with van der Waals surface area (Å²) in [4.78, 5) is 19.7. The van der Waals surface area contributed by atoms with Crippen LogP contribution < -0.4 is 5.73 Å². The molecule has 2 aromatic rings. The Kier molecular flexibility index (Phi) is 6.77. The molecule has 1 fully saturated rings. The summed E-state index contributed by atoms with van der Waals surface area (Å²) in [6.07, 6.45) is 4.92. The summed E-state index contributed by atoms with van der Waals surface area (Å²) in [5.74, 6) is 0.165. The fourth-order valence-corrected chi connectivity index (χ4v) is 5.82. The van der Waals surface area contributed by atoms with Gasteiger partial charge in [0.2, 0.25) is 5.91 Å². The van der Waals surface area contributed by atoms with E-state index in [0.717, 1.165) is 29.5 Å². The van der Waals surface area contributed by atoms with E-state index in [-0.39, 0.29) is 30.4 Å². The van der Waals surface area contributed by atoms with Gasteiger partial charge in [-0.2, -0.15) is 4.36 Å². The molecule has 2 aliphatic heterocycles. The minimum absolute atomic E-state index is 0.00904. The lowest BCUT2D eigenvalue weighted by Crippen LogP contribution is -2.56. The number of carbonyl (C=O) groups excluding carboxylic acids is 1. The van der Waals surface area contributed by atoms with Gasteiger partial charge in [-0.25, -0.2) is 9.20 Å². The Morgan fingerprint density at radius 2 is 2.00 bits per heavy atom. The summed E-state index contributed by atoms with van der Waals surface area (Å²) in [6.45, 7) is 4.50. The van der Waals surface area contributed by atoms with E-state index < -0.39 is 15.3 Å². The molecule has 4 rings (SSSR count). The molecule has 0 unspecified atom stereocenters. The number of halogens is 1. The van der Waals surface area contributed by atoms with Crippen LogP contribution in [0.1, 0.15) is 38.7 Å². The van der Waals surface area contributed by atoms with Crippen molar-refractivity contribution in [2.75, 3.05) is 19.1 Å². The highest BCUT2D eigenvalue weighted by Gasteiger charge is 2.42. The molecule has 0 bridgehead atoms. The lowest BCUT2D eigenvalue weighted by atomic mass is 9.85. The van der Waals surface area contributed by atoms with E-state index in [0.29, 0.717) is 17.3 Å². The smallest absolute Gasteiger partial charge is 0.232 e. The molecule has 0 aromatic heterocycles. The molecule has 2 aromatic carbocycles. The highest BCUT2D eigenvalue weighted by molar-refractivity contribution is 7.92. The van der Waals surface area contributed by atoms with Crippen molar-refractivity contribution in [1.82, 2.24) is 4.90 Å². The van der Waals surface area contributed by atoms with Gasteiger partial charge in [-0.3, -0.25) is 9.69 Å². The highest BCUT2D eigenvalue weighted by Crippen LogP contribution is 2.42. The first-order valence-electron chi connectivity index (χ1n) is 11.3. The van der Waals surface area contributed by atoms with Gasteiger partial charge in [-0.1, -0.05) is 41.9 Å². The second-order valence-corrected chi connectivity index (χ2v) is 12.5. The standard InChI is InChI=1S/C25H31ClN4O3S/c1-16-13-19(11-12-33-16)30-22(31)15-25(2,28-24(30)27)21-10-6-9-20(23(21)26)17-7-5-8-18(14-17)29-34(3,4)32/h5-10,14,16,19H,11-13,15H2,1-4H3,(H2,27,28)/t16-,19-,25-/m0/s1. The second-order valence-electron chi connectivity index (χ2n) is 9.53. The summed E-state index contributed by atoms with van der Waals surface area (Å²) in [6, 6.07) is 13.2. The molecule has 0 saturated carbocycles. The van der Waals surface area contributed by atoms with E-state index in [1.165, 1.54) is 0 Å². The van der Waals surface area contributed by atoms with Crippen LogP contribution in [-0.4, -0.2) is 52.2 Å². The summed E-state index contributed by atoms with van der Waals surface area (Å²) in [5.41, 5.74) is 8.48. The number of nitrogens with two attached hydrogens (primary N) is 1. The monoisotopic (exact) mass is 502 g/mol. The van der Waals surface area contributed by atoms with Crippen LogP contribution in [0.25, 0.3) is 11.1 Å². The summed E-state index contributed by atoms with van der Waals surface area (Å²) in [7, 11) is -2.29. The first kappa shape index (κ1) is 24.7. The molecule has 7 nitrogen and oxygen atoms in total. The first-order valence-corrected chi connectivity index (χ1v) is 14.0. The molecule has 0 spiro atoms. The Balaban J connectivity index is 1.71. The topological polar surface area (TPSA) is 97.4 Å². The van der Waals surface area contributed by atoms with Gasteiger partial charge in [-0.05, 0) is 49.9 Å². The van der Waals surface area contributed by atoms with Crippen molar-refractivity contribution in [1.29, 1.82) is 0 Å². The van der Waals surface area contributed by atoms with Crippen LogP contribution in [0.2, 0.25) is 5.02 Å². The maximum Gasteiger partial charge on any atom is 0.232 e. The molecular weight excluding hydrogens is 472 g/mol. The Hall–Kier alpha value is -2.42. The van der Waals surface area contributed by atoms with Gasteiger partial charge < -0.3 is 10.5 Å². The van der Waals surface area contributed by atoms with Gasteiger partial charge in [0.25, 0.3) is 0 Å². The molecule has 0 radical (unpaired) electrons. The van der Waals surface area contributed by atoms with Gasteiger partial charge in [0.15, 0.2) is 5.96 Å². The molecule has 2 heterocycles. The van der Waals surface area contributed by atoms with E-state index in [9.17, 15) is 9.00 Å². The number of rotatable bonds is 4. The number of hydrogen-bond donors (Lipinski definition) is 1. The maximum atomic E-state index is 13.3. The van der Waals surface area contributed by atoms with Crippen LogP contribution in [0, 0.1) is 0 Å². The number of benzene rings is 2. The Labute approximate surface area is 206 Å². The van der Waals surface area contributed by atoms with Crippen molar-refractivity contribution < 1.29 is 13.7 Å². The first-order chi connectivity index (χ1) is 16.0. The summed E-state index contributed by atoms with van der Waals surface area (Å²) < 4.78 is 22.1. The van der Waals surface area contributed by atoms with E-state index in [4.69, 9.17) is 27.1 Å².